The van der Waals surface area contributed by atoms with E-state index in [4.69, 9.17) is 4.52 Å². The van der Waals surface area contributed by atoms with Gasteiger partial charge in [-0.1, -0.05) is 5.16 Å². The van der Waals surface area contributed by atoms with Crippen LogP contribution in [0.1, 0.15) is 39.4 Å². The second-order valence-electron chi connectivity index (χ2n) is 6.58. The molecule has 2 aromatic heterocycles. The Morgan fingerprint density at radius 2 is 2.00 bits per heavy atom. The van der Waals surface area contributed by atoms with Gasteiger partial charge >= 0.3 is 0 Å². The third kappa shape index (κ3) is 3.75. The number of nitrogens with zero attached hydrogens (tertiary/aromatic N) is 4. The molecule has 0 saturated carbocycles. The lowest BCUT2D eigenvalue weighted by Gasteiger charge is -2.05. The Kier molecular flexibility index (Phi) is 4.86. The second-order valence-corrected chi connectivity index (χ2v) is 6.58. The van der Waals surface area contributed by atoms with Crippen molar-refractivity contribution in [1.82, 2.24) is 20.0 Å². The van der Waals surface area contributed by atoms with Gasteiger partial charge in [0.25, 0.3) is 11.8 Å². The average molecular weight is 391 g/mol. The van der Waals surface area contributed by atoms with Crippen molar-refractivity contribution in [2.45, 2.75) is 19.3 Å². The number of rotatable bonds is 6. The van der Waals surface area contributed by atoms with Crippen LogP contribution in [-0.2, 0) is 11.2 Å². The minimum atomic E-state index is -0.373. The first kappa shape index (κ1) is 18.5. The molecule has 9 nitrogen and oxygen atoms in total. The number of amides is 3. The highest BCUT2D eigenvalue weighted by Gasteiger charge is 2.32. The number of hydrogen-bond donors (Lipinski definition) is 1. The number of pyridine rings is 1. The number of carbonyl (C=O) groups is 3. The number of imide groups is 1. The summed E-state index contributed by atoms with van der Waals surface area (Å²) in [5.41, 5.74) is 1.87. The maximum Gasteiger partial charge on any atom is 0.261 e. The fourth-order valence-corrected chi connectivity index (χ4v) is 3.03. The van der Waals surface area contributed by atoms with E-state index in [-0.39, 0.29) is 24.1 Å². The highest BCUT2D eigenvalue weighted by atomic mass is 16.5. The molecule has 1 N–H and O–H groups in total. The molecule has 146 valence electrons. The predicted molar refractivity (Wildman–Crippen MR) is 102 cm³/mol. The lowest BCUT2D eigenvalue weighted by molar-refractivity contribution is -0.116. The maximum absolute atomic E-state index is 12.2. The van der Waals surface area contributed by atoms with E-state index in [1.165, 1.54) is 13.1 Å². The van der Waals surface area contributed by atoms with Crippen LogP contribution >= 0.6 is 0 Å². The van der Waals surface area contributed by atoms with Gasteiger partial charge < -0.3 is 9.84 Å². The quantitative estimate of drug-likeness (QED) is 0.641. The van der Waals surface area contributed by atoms with Gasteiger partial charge in [-0.15, -0.1) is 0 Å². The Morgan fingerprint density at radius 1 is 1.17 bits per heavy atom. The first-order valence-electron chi connectivity index (χ1n) is 9.02. The van der Waals surface area contributed by atoms with Crippen LogP contribution in [0.4, 0.5) is 5.69 Å². The van der Waals surface area contributed by atoms with Gasteiger partial charge in [0, 0.05) is 43.5 Å². The highest BCUT2D eigenvalue weighted by Crippen LogP contribution is 2.25. The van der Waals surface area contributed by atoms with Crippen molar-refractivity contribution >= 4 is 23.4 Å². The molecule has 0 unspecified atom stereocenters. The van der Waals surface area contributed by atoms with Crippen molar-refractivity contribution in [2.75, 3.05) is 12.4 Å². The molecule has 3 aromatic rings. The van der Waals surface area contributed by atoms with E-state index in [9.17, 15) is 14.4 Å². The fourth-order valence-electron chi connectivity index (χ4n) is 3.03. The van der Waals surface area contributed by atoms with Crippen LogP contribution in [0.25, 0.3) is 11.4 Å². The molecular formula is C20H17N5O4. The van der Waals surface area contributed by atoms with Crippen LogP contribution in [0.2, 0.25) is 0 Å². The normalized spacial score (nSPS) is 12.9. The van der Waals surface area contributed by atoms with E-state index in [0.29, 0.717) is 41.4 Å². The smallest absolute Gasteiger partial charge is 0.261 e. The van der Waals surface area contributed by atoms with Gasteiger partial charge in [-0.05, 0) is 36.8 Å². The first-order valence-corrected chi connectivity index (χ1v) is 9.02. The summed E-state index contributed by atoms with van der Waals surface area (Å²) in [6.07, 6.45) is 4.54. The van der Waals surface area contributed by atoms with E-state index < -0.39 is 0 Å². The van der Waals surface area contributed by atoms with Gasteiger partial charge in [0.1, 0.15) is 0 Å². The van der Waals surface area contributed by atoms with Crippen molar-refractivity contribution in [1.29, 1.82) is 0 Å². The third-order valence-electron chi connectivity index (χ3n) is 4.56. The monoisotopic (exact) mass is 391 g/mol. The molecule has 0 aliphatic carbocycles. The summed E-state index contributed by atoms with van der Waals surface area (Å²) >= 11 is 0. The zero-order valence-corrected chi connectivity index (χ0v) is 15.6. The predicted octanol–water partition coefficient (Wildman–Crippen LogP) is 2.32. The Balaban J connectivity index is 1.31. The molecule has 0 spiro atoms. The molecular weight excluding hydrogens is 374 g/mol. The lowest BCUT2D eigenvalue weighted by atomic mass is 10.1. The van der Waals surface area contributed by atoms with E-state index in [1.54, 1.807) is 30.6 Å². The van der Waals surface area contributed by atoms with Crippen LogP contribution in [0, 0.1) is 0 Å². The van der Waals surface area contributed by atoms with Gasteiger partial charge in [0.05, 0.1) is 11.1 Å². The summed E-state index contributed by atoms with van der Waals surface area (Å²) in [7, 11) is 1.43. The van der Waals surface area contributed by atoms with Crippen molar-refractivity contribution in [3.8, 4) is 11.4 Å². The molecule has 0 radical (unpaired) electrons. The highest BCUT2D eigenvalue weighted by molar-refractivity contribution is 6.21. The average Bonchev–Trinajstić information content (AvgIpc) is 3.28. The SMILES string of the molecule is CN1C(=O)c2ccc(NC(=O)CCCc3nc(-c4cccnc4)no3)cc2C1=O. The van der Waals surface area contributed by atoms with Crippen molar-refractivity contribution in [3.63, 3.8) is 0 Å². The largest absolute Gasteiger partial charge is 0.339 e. The van der Waals surface area contributed by atoms with E-state index in [0.717, 1.165) is 10.5 Å². The Labute approximate surface area is 165 Å². The summed E-state index contributed by atoms with van der Waals surface area (Å²) < 4.78 is 5.21. The second kappa shape index (κ2) is 7.63. The number of anilines is 1. The van der Waals surface area contributed by atoms with Crippen LogP contribution in [0.3, 0.4) is 0 Å². The van der Waals surface area contributed by atoms with Gasteiger partial charge in [-0.3, -0.25) is 24.3 Å². The molecule has 29 heavy (non-hydrogen) atoms. The van der Waals surface area contributed by atoms with Gasteiger partial charge in [-0.2, -0.15) is 4.98 Å². The zero-order valence-electron chi connectivity index (χ0n) is 15.6. The van der Waals surface area contributed by atoms with Gasteiger partial charge in [0.15, 0.2) is 0 Å². The summed E-state index contributed by atoms with van der Waals surface area (Å²) in [6.45, 7) is 0. The van der Waals surface area contributed by atoms with Crippen molar-refractivity contribution < 1.29 is 18.9 Å². The van der Waals surface area contributed by atoms with Gasteiger partial charge in [0.2, 0.25) is 17.6 Å². The lowest BCUT2D eigenvalue weighted by Crippen LogP contribution is -2.24. The summed E-state index contributed by atoms with van der Waals surface area (Å²) in [5, 5.41) is 6.66. The summed E-state index contributed by atoms with van der Waals surface area (Å²) in [6, 6.07) is 8.30. The molecule has 4 rings (SSSR count). The number of carbonyl (C=O) groups excluding carboxylic acids is 3. The summed E-state index contributed by atoms with van der Waals surface area (Å²) in [5.74, 6) is -0.0155. The number of aryl methyl sites for hydroxylation is 1. The standard InChI is InChI=1S/C20H17N5O4/c1-25-19(27)14-8-7-13(10-15(14)20(25)28)22-16(26)5-2-6-17-23-18(24-29-17)12-4-3-9-21-11-12/h3-4,7-11H,2,5-6H2,1H3,(H,22,26). The molecule has 1 aromatic carbocycles. The number of hydrogen-bond acceptors (Lipinski definition) is 7. The topological polar surface area (TPSA) is 118 Å². The fraction of sp³-hybridized carbons (Fsp3) is 0.200. The Morgan fingerprint density at radius 3 is 2.79 bits per heavy atom. The molecule has 0 atom stereocenters. The zero-order chi connectivity index (χ0) is 20.4. The minimum Gasteiger partial charge on any atom is -0.339 e. The van der Waals surface area contributed by atoms with Crippen LogP contribution in [0.5, 0.6) is 0 Å². The number of nitrogens with one attached hydrogen (secondary N) is 1. The van der Waals surface area contributed by atoms with E-state index in [2.05, 4.69) is 20.4 Å². The van der Waals surface area contributed by atoms with Crippen molar-refractivity contribution in [3.05, 3.63) is 59.7 Å². The third-order valence-corrected chi connectivity index (χ3v) is 4.56. The molecule has 1 aliphatic rings. The Bertz CT molecular complexity index is 1090. The summed E-state index contributed by atoms with van der Waals surface area (Å²) in [4.78, 5) is 45.5. The molecule has 3 heterocycles. The van der Waals surface area contributed by atoms with E-state index in [1.807, 2.05) is 6.07 Å². The molecule has 3 amide bonds. The molecule has 9 heteroatoms. The Hall–Kier alpha value is -3.88. The van der Waals surface area contributed by atoms with Crippen LogP contribution in [0.15, 0.2) is 47.2 Å². The van der Waals surface area contributed by atoms with Gasteiger partial charge in [-0.25, -0.2) is 0 Å². The number of aromatic nitrogens is 3. The van der Waals surface area contributed by atoms with Crippen LogP contribution in [-0.4, -0.2) is 44.8 Å². The maximum atomic E-state index is 12.2. The van der Waals surface area contributed by atoms with Crippen LogP contribution < -0.4 is 5.32 Å². The van der Waals surface area contributed by atoms with E-state index >= 15 is 0 Å². The number of fused-ring (bicyclic) bond motifs is 1. The minimum absolute atomic E-state index is 0.206. The molecule has 0 saturated heterocycles. The molecule has 0 bridgehead atoms. The molecule has 0 fully saturated rings. The first-order chi connectivity index (χ1) is 14.0. The number of benzene rings is 1. The molecule has 1 aliphatic heterocycles. The van der Waals surface area contributed by atoms with Crippen molar-refractivity contribution in [2.24, 2.45) is 0 Å².